The Hall–Kier alpha value is -2.27. The fourth-order valence-electron chi connectivity index (χ4n) is 2.99. The minimum Gasteiger partial charge on any atom is -0.508 e. The summed E-state index contributed by atoms with van der Waals surface area (Å²) in [5.74, 6) is 0.265. The molecule has 0 fully saturated rings. The first kappa shape index (κ1) is 11.8. The van der Waals surface area contributed by atoms with Gasteiger partial charge in [0.2, 0.25) is 0 Å². The van der Waals surface area contributed by atoms with Crippen molar-refractivity contribution in [1.82, 2.24) is 0 Å². The number of rotatable bonds is 2. The van der Waals surface area contributed by atoms with Crippen LogP contribution in [-0.4, -0.2) is 5.11 Å². The van der Waals surface area contributed by atoms with Crippen molar-refractivity contribution >= 4 is 0 Å². The van der Waals surface area contributed by atoms with E-state index in [0.717, 1.165) is 18.4 Å². The van der Waals surface area contributed by atoms with Gasteiger partial charge in [-0.1, -0.05) is 36.4 Å². The molecule has 0 aromatic heterocycles. The SMILES string of the molecule is N#CC1(Cc2ccc(O)cc2)CCc2ccccc21. The summed E-state index contributed by atoms with van der Waals surface area (Å²) >= 11 is 0. The average Bonchev–Trinajstić information content (AvgIpc) is 2.81. The zero-order valence-corrected chi connectivity index (χ0v) is 10.6. The summed E-state index contributed by atoms with van der Waals surface area (Å²) in [7, 11) is 0. The fraction of sp³-hybridized carbons (Fsp3) is 0.235. The van der Waals surface area contributed by atoms with Crippen molar-refractivity contribution in [3.05, 3.63) is 65.2 Å². The quantitative estimate of drug-likeness (QED) is 0.887. The molecule has 94 valence electrons. The van der Waals surface area contributed by atoms with Gasteiger partial charge < -0.3 is 5.11 Å². The summed E-state index contributed by atoms with van der Waals surface area (Å²) in [6, 6.07) is 17.9. The molecule has 1 unspecified atom stereocenters. The molecule has 0 bridgehead atoms. The van der Waals surface area contributed by atoms with Gasteiger partial charge in [-0.05, 0) is 48.1 Å². The Morgan fingerprint density at radius 1 is 1.11 bits per heavy atom. The molecule has 0 radical (unpaired) electrons. The van der Waals surface area contributed by atoms with Crippen LogP contribution in [0.2, 0.25) is 0 Å². The van der Waals surface area contributed by atoms with Crippen molar-refractivity contribution in [2.75, 3.05) is 0 Å². The molecule has 0 heterocycles. The van der Waals surface area contributed by atoms with Crippen LogP contribution in [0.3, 0.4) is 0 Å². The highest BCUT2D eigenvalue weighted by Crippen LogP contribution is 2.41. The van der Waals surface area contributed by atoms with Crippen molar-refractivity contribution in [2.45, 2.75) is 24.7 Å². The number of hydrogen-bond acceptors (Lipinski definition) is 2. The highest BCUT2D eigenvalue weighted by Gasteiger charge is 2.38. The van der Waals surface area contributed by atoms with Crippen LogP contribution in [0, 0.1) is 11.3 Å². The second-order valence-corrected chi connectivity index (χ2v) is 5.19. The standard InChI is InChI=1S/C17H15NO/c18-12-17(11-13-5-7-15(19)8-6-13)10-9-14-3-1-2-4-16(14)17/h1-8,19H,9-11H2. The number of nitriles is 1. The maximum atomic E-state index is 9.68. The summed E-state index contributed by atoms with van der Waals surface area (Å²) in [5.41, 5.74) is 3.15. The highest BCUT2D eigenvalue weighted by molar-refractivity contribution is 5.46. The molecule has 1 aliphatic carbocycles. The summed E-state index contributed by atoms with van der Waals surface area (Å²) < 4.78 is 0. The second kappa shape index (κ2) is 4.44. The van der Waals surface area contributed by atoms with E-state index in [4.69, 9.17) is 0 Å². The third kappa shape index (κ3) is 1.98. The molecule has 2 nitrogen and oxygen atoms in total. The van der Waals surface area contributed by atoms with E-state index in [-0.39, 0.29) is 5.75 Å². The van der Waals surface area contributed by atoms with Crippen LogP contribution in [-0.2, 0) is 18.3 Å². The van der Waals surface area contributed by atoms with Crippen LogP contribution in [0.4, 0.5) is 0 Å². The molecule has 2 aromatic carbocycles. The lowest BCUT2D eigenvalue weighted by molar-refractivity contribution is 0.474. The molecule has 0 aliphatic heterocycles. The van der Waals surface area contributed by atoms with Crippen LogP contribution < -0.4 is 0 Å². The van der Waals surface area contributed by atoms with E-state index < -0.39 is 5.41 Å². The molecule has 19 heavy (non-hydrogen) atoms. The molecular formula is C17H15NO. The van der Waals surface area contributed by atoms with Gasteiger partial charge in [0.05, 0.1) is 11.5 Å². The lowest BCUT2D eigenvalue weighted by Gasteiger charge is -2.22. The number of nitrogens with zero attached hydrogens (tertiary/aromatic N) is 1. The molecular weight excluding hydrogens is 234 g/mol. The third-order valence-corrected chi connectivity index (χ3v) is 4.01. The van der Waals surface area contributed by atoms with E-state index in [9.17, 15) is 10.4 Å². The van der Waals surface area contributed by atoms with Gasteiger partial charge in [0.1, 0.15) is 5.75 Å². The van der Waals surface area contributed by atoms with E-state index in [1.165, 1.54) is 11.1 Å². The number of phenolic OH excluding ortho intramolecular Hbond substituents is 1. The Morgan fingerprint density at radius 2 is 1.84 bits per heavy atom. The summed E-state index contributed by atoms with van der Waals surface area (Å²) in [4.78, 5) is 0. The van der Waals surface area contributed by atoms with Gasteiger partial charge in [-0.15, -0.1) is 0 Å². The maximum absolute atomic E-state index is 9.68. The minimum absolute atomic E-state index is 0.265. The van der Waals surface area contributed by atoms with Crippen LogP contribution in [0.25, 0.3) is 0 Å². The van der Waals surface area contributed by atoms with Crippen molar-refractivity contribution in [3.63, 3.8) is 0 Å². The van der Waals surface area contributed by atoms with E-state index in [1.54, 1.807) is 12.1 Å². The topological polar surface area (TPSA) is 44.0 Å². The zero-order chi connectivity index (χ0) is 13.3. The van der Waals surface area contributed by atoms with Gasteiger partial charge in [0.25, 0.3) is 0 Å². The lowest BCUT2D eigenvalue weighted by atomic mass is 9.78. The molecule has 1 N–H and O–H groups in total. The van der Waals surface area contributed by atoms with Gasteiger partial charge in [0, 0.05) is 0 Å². The number of aryl methyl sites for hydroxylation is 1. The van der Waals surface area contributed by atoms with Crippen molar-refractivity contribution in [1.29, 1.82) is 5.26 Å². The number of fused-ring (bicyclic) bond motifs is 1. The third-order valence-electron chi connectivity index (χ3n) is 4.01. The number of phenols is 1. The lowest BCUT2D eigenvalue weighted by Crippen LogP contribution is -2.23. The molecule has 0 saturated heterocycles. The molecule has 3 rings (SSSR count). The molecule has 1 atom stereocenters. The van der Waals surface area contributed by atoms with Crippen LogP contribution in [0.15, 0.2) is 48.5 Å². The molecule has 0 spiro atoms. The smallest absolute Gasteiger partial charge is 0.115 e. The van der Waals surface area contributed by atoms with Crippen molar-refractivity contribution in [3.8, 4) is 11.8 Å². The van der Waals surface area contributed by atoms with Crippen molar-refractivity contribution in [2.24, 2.45) is 0 Å². The van der Waals surface area contributed by atoms with Gasteiger partial charge in [0.15, 0.2) is 0 Å². The second-order valence-electron chi connectivity index (χ2n) is 5.19. The summed E-state index contributed by atoms with van der Waals surface area (Å²) in [5, 5.41) is 19.0. The van der Waals surface area contributed by atoms with Gasteiger partial charge in [-0.3, -0.25) is 0 Å². The highest BCUT2D eigenvalue weighted by atomic mass is 16.3. The minimum atomic E-state index is -0.409. The molecule has 2 heteroatoms. The average molecular weight is 249 g/mol. The number of aromatic hydroxyl groups is 1. The first-order valence-corrected chi connectivity index (χ1v) is 6.51. The van der Waals surface area contributed by atoms with Crippen molar-refractivity contribution < 1.29 is 5.11 Å². The monoisotopic (exact) mass is 249 g/mol. The van der Waals surface area contributed by atoms with Crippen LogP contribution in [0.5, 0.6) is 5.75 Å². The van der Waals surface area contributed by atoms with E-state index >= 15 is 0 Å². The predicted octanol–water partition coefficient (Wildman–Crippen LogP) is 3.34. The Morgan fingerprint density at radius 3 is 2.58 bits per heavy atom. The molecule has 0 saturated carbocycles. The Balaban J connectivity index is 1.98. The van der Waals surface area contributed by atoms with E-state index in [2.05, 4.69) is 18.2 Å². The van der Waals surface area contributed by atoms with Gasteiger partial charge in [-0.25, -0.2) is 0 Å². The van der Waals surface area contributed by atoms with Gasteiger partial charge >= 0.3 is 0 Å². The summed E-state index contributed by atoms with van der Waals surface area (Å²) in [6.45, 7) is 0. The number of hydrogen-bond donors (Lipinski definition) is 1. The Labute approximate surface area is 112 Å². The van der Waals surface area contributed by atoms with E-state index in [1.807, 2.05) is 24.3 Å². The fourth-order valence-corrected chi connectivity index (χ4v) is 2.99. The first-order chi connectivity index (χ1) is 9.23. The normalized spacial score (nSPS) is 20.8. The maximum Gasteiger partial charge on any atom is 0.115 e. The van der Waals surface area contributed by atoms with Gasteiger partial charge in [-0.2, -0.15) is 5.26 Å². The first-order valence-electron chi connectivity index (χ1n) is 6.51. The Kier molecular flexibility index (Phi) is 2.76. The Bertz CT molecular complexity index is 639. The van der Waals surface area contributed by atoms with E-state index in [0.29, 0.717) is 6.42 Å². The molecule has 1 aliphatic rings. The van der Waals surface area contributed by atoms with Crippen LogP contribution >= 0.6 is 0 Å². The summed E-state index contributed by atoms with van der Waals surface area (Å²) in [6.07, 6.45) is 2.56. The predicted molar refractivity (Wildman–Crippen MR) is 73.9 cm³/mol. The number of benzene rings is 2. The zero-order valence-electron chi connectivity index (χ0n) is 10.6. The largest absolute Gasteiger partial charge is 0.508 e. The molecule has 2 aromatic rings. The van der Waals surface area contributed by atoms with Crippen LogP contribution in [0.1, 0.15) is 23.1 Å². The molecule has 0 amide bonds.